The average molecular weight is 369 g/mol. The van der Waals surface area contributed by atoms with E-state index in [4.69, 9.17) is 4.74 Å². The summed E-state index contributed by atoms with van der Waals surface area (Å²) in [5.74, 6) is -1.42. The maximum Gasteiger partial charge on any atom is 0.240 e. The summed E-state index contributed by atoms with van der Waals surface area (Å²) in [6.07, 6.45) is 1.39. The summed E-state index contributed by atoms with van der Waals surface area (Å²) in [5.41, 5.74) is 2.33. The Labute approximate surface area is 155 Å². The number of halogens is 1. The summed E-state index contributed by atoms with van der Waals surface area (Å²) in [4.78, 5) is 27.4. The second kappa shape index (κ2) is 5.73. The summed E-state index contributed by atoms with van der Waals surface area (Å²) >= 11 is 0. The van der Waals surface area contributed by atoms with E-state index in [9.17, 15) is 14.0 Å². The Morgan fingerprint density at radius 3 is 2.37 bits per heavy atom. The molecule has 3 fully saturated rings. The smallest absolute Gasteiger partial charge is 0.240 e. The number of benzene rings is 1. The lowest BCUT2D eigenvalue weighted by molar-refractivity contribution is -0.124. The van der Waals surface area contributed by atoms with Gasteiger partial charge in [0.1, 0.15) is 5.82 Å². The molecule has 6 nitrogen and oxygen atoms in total. The van der Waals surface area contributed by atoms with Crippen molar-refractivity contribution in [3.8, 4) is 0 Å². The van der Waals surface area contributed by atoms with E-state index in [1.165, 1.54) is 11.0 Å². The van der Waals surface area contributed by atoms with Crippen molar-refractivity contribution in [2.24, 2.45) is 11.8 Å². The summed E-state index contributed by atoms with van der Waals surface area (Å²) in [6.45, 7) is 3.84. The molecule has 0 radical (unpaired) electrons. The lowest BCUT2D eigenvalue weighted by atomic mass is 9.81. The minimum absolute atomic E-state index is 0.143. The van der Waals surface area contributed by atoms with E-state index in [2.05, 4.69) is 5.10 Å². The number of carbonyl (C=O) groups is 2. The number of anilines is 1. The van der Waals surface area contributed by atoms with Crippen molar-refractivity contribution < 1.29 is 18.7 Å². The fourth-order valence-electron chi connectivity index (χ4n) is 4.89. The molecule has 2 bridgehead atoms. The molecule has 0 saturated carbocycles. The van der Waals surface area contributed by atoms with E-state index >= 15 is 0 Å². The van der Waals surface area contributed by atoms with E-state index in [0.29, 0.717) is 22.6 Å². The number of hydrogen-bond donors (Lipinski definition) is 0. The van der Waals surface area contributed by atoms with E-state index < -0.39 is 0 Å². The van der Waals surface area contributed by atoms with Gasteiger partial charge < -0.3 is 4.74 Å². The Bertz CT molecular complexity index is 941. The molecule has 2 aromatic rings. The van der Waals surface area contributed by atoms with Crippen molar-refractivity contribution in [3.63, 3.8) is 0 Å². The van der Waals surface area contributed by atoms with Gasteiger partial charge in [0, 0.05) is 5.56 Å². The van der Waals surface area contributed by atoms with Crippen LogP contribution in [0.2, 0.25) is 0 Å². The van der Waals surface area contributed by atoms with Crippen molar-refractivity contribution in [1.29, 1.82) is 0 Å². The Morgan fingerprint density at radius 1 is 1.11 bits per heavy atom. The van der Waals surface area contributed by atoms with Crippen LogP contribution in [-0.4, -0.2) is 33.8 Å². The minimum Gasteiger partial charge on any atom is -0.373 e. The summed E-state index contributed by atoms with van der Waals surface area (Å²) in [5, 5.41) is 4.48. The molecule has 3 aliphatic rings. The van der Waals surface area contributed by atoms with Gasteiger partial charge in [0.25, 0.3) is 0 Å². The maximum absolute atomic E-state index is 14.0. The number of hydrogen-bond acceptors (Lipinski definition) is 4. The zero-order valence-corrected chi connectivity index (χ0v) is 15.2. The third kappa shape index (κ3) is 2.24. The standard InChI is InChI=1S/C20H20FN3O3/c1-10-18(11(2)23(22-10)9-12-5-3-4-6-13(12)21)24-19(25)16-14-7-8-15(27-14)17(16)20(24)26/h3-6,14-17H,7-9H2,1-2H3/t14-,15+,16-,17+. The van der Waals surface area contributed by atoms with Crippen molar-refractivity contribution in [3.05, 3.63) is 47.0 Å². The first-order chi connectivity index (χ1) is 13.0. The van der Waals surface area contributed by atoms with Crippen molar-refractivity contribution in [1.82, 2.24) is 9.78 Å². The molecule has 0 spiro atoms. The molecule has 0 N–H and O–H groups in total. The van der Waals surface area contributed by atoms with Gasteiger partial charge in [-0.3, -0.25) is 14.3 Å². The highest BCUT2D eigenvalue weighted by molar-refractivity contribution is 6.23. The maximum atomic E-state index is 14.0. The minimum atomic E-state index is -0.370. The third-order valence-corrected chi connectivity index (χ3v) is 6.13. The zero-order chi connectivity index (χ0) is 18.9. The van der Waals surface area contributed by atoms with E-state index in [1.807, 2.05) is 6.92 Å². The molecule has 1 aromatic heterocycles. The Morgan fingerprint density at radius 2 is 1.74 bits per heavy atom. The molecule has 0 aliphatic carbocycles. The molecule has 3 aliphatic heterocycles. The number of fused-ring (bicyclic) bond motifs is 5. The monoisotopic (exact) mass is 369 g/mol. The van der Waals surface area contributed by atoms with Gasteiger partial charge in [-0.2, -0.15) is 5.10 Å². The normalized spacial score (nSPS) is 29.1. The molecule has 0 unspecified atom stereocenters. The van der Waals surface area contributed by atoms with Crippen molar-refractivity contribution in [2.45, 2.75) is 45.4 Å². The average Bonchev–Trinajstić information content (AvgIpc) is 3.37. The van der Waals surface area contributed by atoms with Gasteiger partial charge >= 0.3 is 0 Å². The van der Waals surface area contributed by atoms with Crippen LogP contribution in [0.5, 0.6) is 0 Å². The van der Waals surface area contributed by atoms with E-state index in [1.54, 1.807) is 29.8 Å². The molecular formula is C20H20FN3O3. The Balaban J connectivity index is 1.51. The number of ether oxygens (including phenoxy) is 1. The molecule has 2 amide bonds. The van der Waals surface area contributed by atoms with Gasteiger partial charge in [-0.1, -0.05) is 18.2 Å². The van der Waals surface area contributed by atoms with Crippen LogP contribution < -0.4 is 4.90 Å². The predicted molar refractivity (Wildman–Crippen MR) is 94.6 cm³/mol. The summed E-state index contributed by atoms with van der Waals surface area (Å²) < 4.78 is 21.5. The molecule has 1 aromatic carbocycles. The second-order valence-electron chi connectivity index (χ2n) is 7.62. The first-order valence-corrected chi connectivity index (χ1v) is 9.28. The first-order valence-electron chi connectivity index (χ1n) is 9.28. The number of imide groups is 1. The van der Waals surface area contributed by atoms with Crippen LogP contribution in [0.25, 0.3) is 0 Å². The van der Waals surface area contributed by atoms with Crippen molar-refractivity contribution in [2.75, 3.05) is 4.90 Å². The summed E-state index contributed by atoms with van der Waals surface area (Å²) in [7, 11) is 0. The van der Waals surface area contributed by atoms with Gasteiger partial charge in [0.15, 0.2) is 0 Å². The van der Waals surface area contributed by atoms with Crippen molar-refractivity contribution >= 4 is 17.5 Å². The highest BCUT2D eigenvalue weighted by Crippen LogP contribution is 2.50. The number of nitrogens with zero attached hydrogens (tertiary/aromatic N) is 3. The van der Waals surface area contributed by atoms with Gasteiger partial charge in [-0.25, -0.2) is 9.29 Å². The van der Waals surface area contributed by atoms with E-state index in [0.717, 1.165) is 12.8 Å². The molecule has 27 heavy (non-hydrogen) atoms. The van der Waals surface area contributed by atoms with Gasteiger partial charge in [0.05, 0.1) is 47.7 Å². The molecular weight excluding hydrogens is 349 g/mol. The molecule has 4 heterocycles. The molecule has 140 valence electrons. The number of rotatable bonds is 3. The largest absolute Gasteiger partial charge is 0.373 e. The zero-order valence-electron chi connectivity index (χ0n) is 15.2. The van der Waals surface area contributed by atoms with Crippen LogP contribution in [0.3, 0.4) is 0 Å². The molecule has 4 atom stereocenters. The number of aryl methyl sites for hydroxylation is 1. The molecule has 3 saturated heterocycles. The van der Waals surface area contributed by atoms with Crippen LogP contribution in [-0.2, 0) is 20.9 Å². The highest BCUT2D eigenvalue weighted by atomic mass is 19.1. The van der Waals surface area contributed by atoms with E-state index in [-0.39, 0.29) is 48.2 Å². The van der Waals surface area contributed by atoms with Crippen LogP contribution >= 0.6 is 0 Å². The number of carbonyl (C=O) groups excluding carboxylic acids is 2. The highest BCUT2D eigenvalue weighted by Gasteiger charge is 2.63. The van der Waals surface area contributed by atoms with Crippen LogP contribution in [0.4, 0.5) is 10.1 Å². The first kappa shape index (κ1) is 16.6. The third-order valence-electron chi connectivity index (χ3n) is 6.13. The molecule has 5 rings (SSSR count). The SMILES string of the molecule is Cc1nn(Cc2ccccc2F)c(C)c1N1C(=O)[C@@H]2[C@H](C1=O)[C@H]1CC[C@@H]2O1. The summed E-state index contributed by atoms with van der Waals surface area (Å²) in [6, 6.07) is 6.53. The predicted octanol–water partition coefficient (Wildman–Crippen LogP) is 2.35. The van der Waals surface area contributed by atoms with Crippen LogP contribution in [0.15, 0.2) is 24.3 Å². The molecule has 7 heteroatoms. The quantitative estimate of drug-likeness (QED) is 0.779. The van der Waals surface area contributed by atoms with Crippen LogP contribution in [0, 0.1) is 31.5 Å². The fraction of sp³-hybridized carbons (Fsp3) is 0.450. The van der Waals surface area contributed by atoms with Gasteiger partial charge in [-0.05, 0) is 32.8 Å². The van der Waals surface area contributed by atoms with Gasteiger partial charge in [-0.15, -0.1) is 0 Å². The topological polar surface area (TPSA) is 64.4 Å². The number of amides is 2. The number of aromatic nitrogens is 2. The van der Waals surface area contributed by atoms with Gasteiger partial charge in [0.2, 0.25) is 11.8 Å². The Hall–Kier alpha value is -2.54. The van der Waals surface area contributed by atoms with Crippen LogP contribution in [0.1, 0.15) is 29.8 Å². The lowest BCUT2D eigenvalue weighted by Crippen LogP contribution is -2.35. The fourth-order valence-corrected chi connectivity index (χ4v) is 4.89. The lowest BCUT2D eigenvalue weighted by Gasteiger charge is -2.18. The second-order valence-corrected chi connectivity index (χ2v) is 7.62. The Kier molecular flexibility index (Phi) is 3.53.